The van der Waals surface area contributed by atoms with Crippen molar-refractivity contribution in [3.63, 3.8) is 0 Å². The number of benzene rings is 1. The van der Waals surface area contributed by atoms with E-state index in [1.807, 2.05) is 0 Å². The molecule has 1 saturated heterocycles. The number of carbonyl (C=O) groups is 2. The lowest BCUT2D eigenvalue weighted by atomic mass is 10.2. The van der Waals surface area contributed by atoms with Crippen molar-refractivity contribution in [2.75, 3.05) is 18.4 Å². The molecular weight excluding hydrogens is 359 g/mol. The summed E-state index contributed by atoms with van der Waals surface area (Å²) in [5.41, 5.74) is -0.321. The fraction of sp³-hybridized carbons (Fsp3) is 0.316. The maximum absolute atomic E-state index is 13.7. The Hall–Kier alpha value is -2.90. The number of halogens is 3. The first-order valence-corrected chi connectivity index (χ1v) is 8.67. The Kier molecular flexibility index (Phi) is 5.73. The summed E-state index contributed by atoms with van der Waals surface area (Å²) in [6.07, 6.45) is 5.28. The molecule has 0 aliphatic carbocycles. The van der Waals surface area contributed by atoms with Gasteiger partial charge in [0.1, 0.15) is 5.69 Å². The van der Waals surface area contributed by atoms with Crippen LogP contribution in [0.25, 0.3) is 0 Å². The third-order valence-corrected chi connectivity index (χ3v) is 4.42. The Morgan fingerprint density at radius 1 is 0.963 bits per heavy atom. The third-order valence-electron chi connectivity index (χ3n) is 4.42. The molecule has 27 heavy (non-hydrogen) atoms. The van der Waals surface area contributed by atoms with Gasteiger partial charge in [-0.3, -0.25) is 14.6 Å². The van der Waals surface area contributed by atoms with Crippen molar-refractivity contribution in [1.29, 1.82) is 0 Å². The van der Waals surface area contributed by atoms with Crippen LogP contribution >= 0.6 is 0 Å². The van der Waals surface area contributed by atoms with E-state index in [2.05, 4.69) is 10.3 Å². The Balaban J connectivity index is 1.77. The van der Waals surface area contributed by atoms with E-state index in [0.717, 1.165) is 37.8 Å². The highest BCUT2D eigenvalue weighted by Crippen LogP contribution is 2.20. The van der Waals surface area contributed by atoms with Crippen molar-refractivity contribution in [3.05, 3.63) is 59.2 Å². The number of hydrogen-bond donors (Lipinski definition) is 1. The highest BCUT2D eigenvalue weighted by Gasteiger charge is 2.21. The van der Waals surface area contributed by atoms with Gasteiger partial charge in [-0.05, 0) is 37.1 Å². The first-order valence-electron chi connectivity index (χ1n) is 8.67. The number of pyridine rings is 1. The first kappa shape index (κ1) is 18.9. The second kappa shape index (κ2) is 8.20. The molecule has 3 rings (SSSR count). The summed E-state index contributed by atoms with van der Waals surface area (Å²) in [5.74, 6) is -5.53. The molecule has 0 saturated carbocycles. The van der Waals surface area contributed by atoms with E-state index in [1.54, 1.807) is 4.90 Å². The van der Waals surface area contributed by atoms with Gasteiger partial charge >= 0.3 is 0 Å². The van der Waals surface area contributed by atoms with Gasteiger partial charge in [0.2, 0.25) is 0 Å². The van der Waals surface area contributed by atoms with Crippen molar-refractivity contribution in [1.82, 2.24) is 9.88 Å². The number of aromatic nitrogens is 1. The van der Waals surface area contributed by atoms with Crippen LogP contribution in [0.3, 0.4) is 0 Å². The Morgan fingerprint density at radius 2 is 1.67 bits per heavy atom. The van der Waals surface area contributed by atoms with Gasteiger partial charge in [-0.2, -0.15) is 0 Å². The topological polar surface area (TPSA) is 62.3 Å². The van der Waals surface area contributed by atoms with E-state index in [9.17, 15) is 22.8 Å². The first-order chi connectivity index (χ1) is 13.0. The molecule has 1 fully saturated rings. The fourth-order valence-electron chi connectivity index (χ4n) is 2.94. The molecule has 0 unspecified atom stereocenters. The predicted molar refractivity (Wildman–Crippen MR) is 92.9 cm³/mol. The molecule has 5 nitrogen and oxygen atoms in total. The molecule has 1 N–H and O–H groups in total. The highest BCUT2D eigenvalue weighted by atomic mass is 19.2. The van der Waals surface area contributed by atoms with Crippen molar-refractivity contribution < 1.29 is 22.8 Å². The zero-order chi connectivity index (χ0) is 19.4. The summed E-state index contributed by atoms with van der Waals surface area (Å²) in [4.78, 5) is 30.6. The SMILES string of the molecule is O=C(Nc1ccc(F)c(F)c1F)c1ccnc(C(=O)N2CCCCCC2)c1. The van der Waals surface area contributed by atoms with Gasteiger partial charge in [0.15, 0.2) is 17.5 Å². The normalized spacial score (nSPS) is 14.6. The Morgan fingerprint density at radius 3 is 2.37 bits per heavy atom. The maximum Gasteiger partial charge on any atom is 0.272 e. The van der Waals surface area contributed by atoms with Crippen LogP contribution < -0.4 is 5.32 Å². The van der Waals surface area contributed by atoms with Crippen LogP contribution in [0.1, 0.15) is 46.5 Å². The molecule has 1 aromatic heterocycles. The molecule has 8 heteroatoms. The van der Waals surface area contributed by atoms with Gasteiger partial charge in [-0.15, -0.1) is 0 Å². The minimum Gasteiger partial charge on any atom is -0.337 e. The van der Waals surface area contributed by atoms with Gasteiger partial charge in [0.25, 0.3) is 11.8 Å². The minimum atomic E-state index is -1.67. The summed E-state index contributed by atoms with van der Waals surface area (Å²) in [7, 11) is 0. The van der Waals surface area contributed by atoms with Gasteiger partial charge in [-0.1, -0.05) is 12.8 Å². The lowest BCUT2D eigenvalue weighted by molar-refractivity contribution is 0.0755. The van der Waals surface area contributed by atoms with Gasteiger partial charge < -0.3 is 10.2 Å². The van der Waals surface area contributed by atoms with Crippen LogP contribution in [0.2, 0.25) is 0 Å². The molecule has 0 bridgehead atoms. The van der Waals surface area contributed by atoms with Crippen LogP contribution in [0.15, 0.2) is 30.5 Å². The van der Waals surface area contributed by atoms with E-state index in [-0.39, 0.29) is 17.2 Å². The average Bonchev–Trinajstić information content (AvgIpc) is 2.97. The number of likely N-dealkylation sites (tertiary alicyclic amines) is 1. The van der Waals surface area contributed by atoms with Crippen LogP contribution in [0.4, 0.5) is 18.9 Å². The van der Waals surface area contributed by atoms with E-state index >= 15 is 0 Å². The van der Waals surface area contributed by atoms with Gasteiger partial charge in [-0.25, -0.2) is 13.2 Å². The lowest BCUT2D eigenvalue weighted by Crippen LogP contribution is -2.32. The van der Waals surface area contributed by atoms with E-state index < -0.39 is 29.0 Å². The Labute approximate surface area is 154 Å². The molecule has 142 valence electrons. The summed E-state index contributed by atoms with van der Waals surface area (Å²) >= 11 is 0. The van der Waals surface area contributed by atoms with Crippen molar-refractivity contribution in [3.8, 4) is 0 Å². The summed E-state index contributed by atoms with van der Waals surface area (Å²) in [6, 6.07) is 4.30. The van der Waals surface area contributed by atoms with Gasteiger partial charge in [0, 0.05) is 24.8 Å². The zero-order valence-electron chi connectivity index (χ0n) is 14.5. The molecular formula is C19H18F3N3O2. The zero-order valence-corrected chi connectivity index (χ0v) is 14.5. The quantitative estimate of drug-likeness (QED) is 0.829. The predicted octanol–water partition coefficient (Wildman–Crippen LogP) is 3.77. The number of carbonyl (C=O) groups excluding carboxylic acids is 2. The monoisotopic (exact) mass is 377 g/mol. The molecule has 2 amide bonds. The van der Waals surface area contributed by atoms with Crippen LogP contribution in [-0.2, 0) is 0 Å². The maximum atomic E-state index is 13.7. The van der Waals surface area contributed by atoms with E-state index in [4.69, 9.17) is 0 Å². The molecule has 2 aromatic rings. The van der Waals surface area contributed by atoms with Crippen LogP contribution in [-0.4, -0.2) is 34.8 Å². The third kappa shape index (κ3) is 4.27. The van der Waals surface area contributed by atoms with E-state index in [1.165, 1.54) is 18.3 Å². The van der Waals surface area contributed by atoms with Crippen molar-refractivity contribution in [2.45, 2.75) is 25.7 Å². The van der Waals surface area contributed by atoms with Crippen LogP contribution in [0.5, 0.6) is 0 Å². The molecule has 0 atom stereocenters. The molecule has 2 heterocycles. The molecule has 1 aliphatic rings. The van der Waals surface area contributed by atoms with Gasteiger partial charge in [0.05, 0.1) is 5.69 Å². The summed E-state index contributed by atoms with van der Waals surface area (Å²) in [5, 5.41) is 2.18. The molecule has 0 spiro atoms. The number of nitrogens with one attached hydrogen (secondary N) is 1. The second-order valence-corrected chi connectivity index (χ2v) is 6.31. The second-order valence-electron chi connectivity index (χ2n) is 6.31. The smallest absolute Gasteiger partial charge is 0.272 e. The molecule has 1 aromatic carbocycles. The standard InChI is InChI=1S/C19H18F3N3O2/c20-13-5-6-14(17(22)16(13)21)24-18(26)12-7-8-23-15(11-12)19(27)25-9-3-1-2-4-10-25/h5-8,11H,1-4,9-10H2,(H,24,26). The number of anilines is 1. The number of hydrogen-bond acceptors (Lipinski definition) is 3. The van der Waals surface area contributed by atoms with Crippen molar-refractivity contribution in [2.24, 2.45) is 0 Å². The molecule has 0 radical (unpaired) electrons. The largest absolute Gasteiger partial charge is 0.337 e. The average molecular weight is 377 g/mol. The minimum absolute atomic E-state index is 0.0623. The van der Waals surface area contributed by atoms with Crippen molar-refractivity contribution >= 4 is 17.5 Å². The summed E-state index contributed by atoms with van der Waals surface area (Å²) in [6.45, 7) is 1.27. The number of rotatable bonds is 3. The highest BCUT2D eigenvalue weighted by molar-refractivity contribution is 6.05. The number of nitrogens with zero attached hydrogens (tertiary/aromatic N) is 2. The summed E-state index contributed by atoms with van der Waals surface area (Å²) < 4.78 is 40.0. The lowest BCUT2D eigenvalue weighted by Gasteiger charge is -2.19. The molecule has 1 aliphatic heterocycles. The fourth-order valence-corrected chi connectivity index (χ4v) is 2.94. The number of amides is 2. The van der Waals surface area contributed by atoms with E-state index in [0.29, 0.717) is 13.1 Å². The van der Waals surface area contributed by atoms with Crippen LogP contribution in [0, 0.1) is 17.5 Å². The Bertz CT molecular complexity index is 865.